The van der Waals surface area contributed by atoms with Crippen molar-refractivity contribution in [2.75, 3.05) is 33.4 Å². The number of hydrogen-bond donors (Lipinski definition) is 2. The van der Waals surface area contributed by atoms with Crippen molar-refractivity contribution in [3.63, 3.8) is 0 Å². The molecule has 2 aromatic rings. The van der Waals surface area contributed by atoms with Crippen LogP contribution in [-0.4, -0.2) is 53.6 Å². The number of benzene rings is 1. The van der Waals surface area contributed by atoms with Gasteiger partial charge in [-0.15, -0.1) is 0 Å². The zero-order valence-corrected chi connectivity index (χ0v) is 18.8. The summed E-state index contributed by atoms with van der Waals surface area (Å²) in [6, 6.07) is 3.23. The topological polar surface area (TPSA) is 79.0 Å². The second kappa shape index (κ2) is 8.89. The van der Waals surface area contributed by atoms with Gasteiger partial charge < -0.3 is 19.5 Å². The van der Waals surface area contributed by atoms with Crippen molar-refractivity contribution in [2.24, 2.45) is 0 Å². The van der Waals surface area contributed by atoms with Gasteiger partial charge in [0.2, 0.25) is 0 Å². The first-order valence-electron chi connectivity index (χ1n) is 11.0. The van der Waals surface area contributed by atoms with Crippen LogP contribution in [0.5, 0.6) is 11.5 Å². The van der Waals surface area contributed by atoms with Gasteiger partial charge in [0.05, 0.1) is 17.9 Å². The van der Waals surface area contributed by atoms with E-state index < -0.39 is 0 Å². The molecular formula is C25H32N2O4. The van der Waals surface area contributed by atoms with E-state index in [4.69, 9.17) is 9.26 Å². The van der Waals surface area contributed by atoms with Crippen molar-refractivity contribution in [3.8, 4) is 22.8 Å². The Hall–Kier alpha value is -2.57. The molecule has 2 N–H and O–H groups in total. The maximum Gasteiger partial charge on any atom is 0.174 e. The largest absolute Gasteiger partial charge is 0.508 e. The van der Waals surface area contributed by atoms with E-state index in [2.05, 4.69) is 22.2 Å². The summed E-state index contributed by atoms with van der Waals surface area (Å²) in [6.07, 6.45) is 6.48. The first kappa shape index (κ1) is 21.7. The second-order valence-electron chi connectivity index (χ2n) is 8.91. The molecule has 1 unspecified atom stereocenters. The van der Waals surface area contributed by atoms with Gasteiger partial charge in [0.25, 0.3) is 0 Å². The Morgan fingerprint density at radius 3 is 2.81 bits per heavy atom. The van der Waals surface area contributed by atoms with Gasteiger partial charge in [-0.3, -0.25) is 4.90 Å². The monoisotopic (exact) mass is 424 g/mol. The maximum atomic E-state index is 10.6. The van der Waals surface area contributed by atoms with Gasteiger partial charge in [-0.2, -0.15) is 0 Å². The number of hydrogen-bond acceptors (Lipinski definition) is 6. The van der Waals surface area contributed by atoms with Crippen LogP contribution in [0.2, 0.25) is 0 Å². The van der Waals surface area contributed by atoms with Crippen LogP contribution in [0.3, 0.4) is 0 Å². The molecule has 6 heteroatoms. The summed E-state index contributed by atoms with van der Waals surface area (Å²) in [6.45, 7) is 9.71. The molecule has 0 saturated heterocycles. The fourth-order valence-electron chi connectivity index (χ4n) is 4.71. The number of rotatable bonds is 6. The molecular weight excluding hydrogens is 392 g/mol. The van der Waals surface area contributed by atoms with Gasteiger partial charge in [-0.05, 0) is 42.9 Å². The van der Waals surface area contributed by atoms with E-state index in [-0.39, 0.29) is 23.3 Å². The van der Waals surface area contributed by atoms with Crippen LogP contribution in [0.4, 0.5) is 0 Å². The van der Waals surface area contributed by atoms with Crippen molar-refractivity contribution in [3.05, 3.63) is 52.3 Å². The summed E-state index contributed by atoms with van der Waals surface area (Å²) in [5.41, 5.74) is 6.11. The number of allylic oxidation sites excluding steroid dienone is 1. The lowest BCUT2D eigenvalue weighted by Crippen LogP contribution is -2.34. The number of aromatic nitrogens is 1. The molecule has 31 heavy (non-hydrogen) atoms. The van der Waals surface area contributed by atoms with Gasteiger partial charge in [0, 0.05) is 44.3 Å². The summed E-state index contributed by atoms with van der Waals surface area (Å²) < 4.78 is 10.9. The van der Waals surface area contributed by atoms with Crippen LogP contribution in [0.15, 0.2) is 40.0 Å². The molecule has 1 atom stereocenters. The predicted octanol–water partition coefficient (Wildman–Crippen LogP) is 4.88. The lowest BCUT2D eigenvalue weighted by atomic mass is 9.81. The Labute approximate surface area is 183 Å². The highest BCUT2D eigenvalue weighted by atomic mass is 16.5. The van der Waals surface area contributed by atoms with E-state index in [0.717, 1.165) is 55.9 Å². The molecule has 1 aromatic carbocycles. The van der Waals surface area contributed by atoms with Gasteiger partial charge in [-0.25, -0.2) is 0 Å². The molecule has 4 rings (SSSR count). The Bertz CT molecular complexity index is 1020. The maximum absolute atomic E-state index is 10.6. The average Bonchev–Trinajstić information content (AvgIpc) is 3.12. The zero-order valence-electron chi connectivity index (χ0n) is 18.8. The zero-order chi connectivity index (χ0) is 22.1. The summed E-state index contributed by atoms with van der Waals surface area (Å²) in [5, 5.41) is 25.0. The molecule has 0 amide bonds. The quantitative estimate of drug-likeness (QED) is 0.688. The van der Waals surface area contributed by atoms with E-state index >= 15 is 0 Å². The highest BCUT2D eigenvalue weighted by molar-refractivity contribution is 5.72. The second-order valence-corrected chi connectivity index (χ2v) is 8.91. The van der Waals surface area contributed by atoms with Gasteiger partial charge in [0.1, 0.15) is 11.5 Å². The van der Waals surface area contributed by atoms with E-state index in [1.165, 1.54) is 17.2 Å². The summed E-state index contributed by atoms with van der Waals surface area (Å²) in [5.74, 6) is 0.971. The molecule has 0 fully saturated rings. The smallest absolute Gasteiger partial charge is 0.174 e. The average molecular weight is 425 g/mol. The Balaban J connectivity index is 1.63. The van der Waals surface area contributed by atoms with Crippen molar-refractivity contribution in [2.45, 2.75) is 45.4 Å². The number of phenols is 2. The van der Waals surface area contributed by atoms with Crippen molar-refractivity contribution in [1.29, 1.82) is 0 Å². The van der Waals surface area contributed by atoms with Gasteiger partial charge >= 0.3 is 0 Å². The Morgan fingerprint density at radius 1 is 1.26 bits per heavy atom. The summed E-state index contributed by atoms with van der Waals surface area (Å²) in [7, 11) is 1.74. The number of phenolic OH excluding ortho intramolecular Hbond substituents is 2. The predicted molar refractivity (Wildman–Crippen MR) is 121 cm³/mol. The molecule has 0 bridgehead atoms. The van der Waals surface area contributed by atoms with Crippen LogP contribution in [0, 0.1) is 6.92 Å². The molecule has 2 heterocycles. The Kier molecular flexibility index (Phi) is 6.21. The minimum Gasteiger partial charge on any atom is -0.508 e. The van der Waals surface area contributed by atoms with Crippen molar-refractivity contribution < 1.29 is 19.5 Å². The summed E-state index contributed by atoms with van der Waals surface area (Å²) >= 11 is 0. The molecule has 1 aromatic heterocycles. The lowest BCUT2D eigenvalue weighted by Gasteiger charge is -2.33. The number of methoxy groups -OCH3 is 1. The molecule has 0 radical (unpaired) electrons. The summed E-state index contributed by atoms with van der Waals surface area (Å²) in [4.78, 5) is 2.44. The van der Waals surface area contributed by atoms with E-state index in [9.17, 15) is 10.2 Å². The number of aromatic hydroxyl groups is 2. The third kappa shape index (κ3) is 4.27. The Morgan fingerprint density at radius 2 is 2.06 bits per heavy atom. The van der Waals surface area contributed by atoms with Crippen LogP contribution >= 0.6 is 0 Å². The fraction of sp³-hybridized carbons (Fsp3) is 0.480. The molecule has 2 aliphatic rings. The molecule has 6 nitrogen and oxygen atoms in total. The molecule has 1 aliphatic heterocycles. The normalized spacial score (nSPS) is 19.3. The van der Waals surface area contributed by atoms with Crippen LogP contribution in [0.25, 0.3) is 11.3 Å². The van der Waals surface area contributed by atoms with Crippen molar-refractivity contribution >= 4 is 0 Å². The number of nitrogens with zero attached hydrogens (tertiary/aromatic N) is 2. The highest BCUT2D eigenvalue weighted by Gasteiger charge is 2.29. The fourth-order valence-corrected chi connectivity index (χ4v) is 4.71. The SMILES string of the molecule is COCCN1CCC2=C(C=CC(c3c(C)noc3-c3cc(C(C)C)c(O)cc3O)C2)C1. The van der Waals surface area contributed by atoms with E-state index in [1.807, 2.05) is 26.8 Å². The standard InChI is InChI=1S/C25H32N2O4/c1-15(2)20-12-21(23(29)13-22(20)28)25-24(16(3)26-31-25)18-5-6-19-14-27(9-10-30-4)8-7-17(19)11-18/h5-6,12-13,15,18,28-29H,7-11,14H2,1-4H3. The minimum absolute atomic E-state index is 0.00504. The minimum atomic E-state index is 0.00504. The highest BCUT2D eigenvalue weighted by Crippen LogP contribution is 2.44. The lowest BCUT2D eigenvalue weighted by molar-refractivity contribution is 0.150. The first-order valence-corrected chi connectivity index (χ1v) is 11.0. The third-order valence-corrected chi connectivity index (χ3v) is 6.48. The molecule has 166 valence electrons. The third-order valence-electron chi connectivity index (χ3n) is 6.48. The van der Waals surface area contributed by atoms with Gasteiger partial charge in [0.15, 0.2) is 5.76 Å². The first-order chi connectivity index (χ1) is 14.9. The molecule has 1 aliphatic carbocycles. The van der Waals surface area contributed by atoms with Crippen molar-refractivity contribution in [1.82, 2.24) is 10.1 Å². The van der Waals surface area contributed by atoms with Crippen LogP contribution < -0.4 is 0 Å². The number of aryl methyl sites for hydroxylation is 1. The molecule has 0 spiro atoms. The molecule has 0 saturated carbocycles. The van der Waals surface area contributed by atoms with Gasteiger partial charge in [-0.1, -0.05) is 36.7 Å². The van der Waals surface area contributed by atoms with Crippen LogP contribution in [0.1, 0.15) is 55.3 Å². The number of ether oxygens (including phenoxy) is 1. The van der Waals surface area contributed by atoms with Crippen LogP contribution in [-0.2, 0) is 4.74 Å². The van der Waals surface area contributed by atoms with E-state index in [0.29, 0.717) is 11.3 Å². The van der Waals surface area contributed by atoms with E-state index in [1.54, 1.807) is 7.11 Å².